The molecule has 0 radical (unpaired) electrons. The summed E-state index contributed by atoms with van der Waals surface area (Å²) in [6.07, 6.45) is -0.290. The number of carbonyl (C=O) groups is 1. The van der Waals surface area contributed by atoms with Crippen molar-refractivity contribution < 1.29 is 19.4 Å². The van der Waals surface area contributed by atoms with E-state index in [1.165, 1.54) is 6.07 Å². The summed E-state index contributed by atoms with van der Waals surface area (Å²) in [6, 6.07) is 6.45. The molecule has 0 saturated carbocycles. The fourth-order valence-corrected chi connectivity index (χ4v) is 1.83. The van der Waals surface area contributed by atoms with E-state index in [1.54, 1.807) is 18.2 Å². The summed E-state index contributed by atoms with van der Waals surface area (Å²) in [6.45, 7) is 0.491. The summed E-state index contributed by atoms with van der Waals surface area (Å²) in [5.74, 6) is -0.543. The third kappa shape index (κ3) is 3.19. The van der Waals surface area contributed by atoms with E-state index in [0.29, 0.717) is 23.6 Å². The Morgan fingerprint density at radius 1 is 1.53 bits per heavy atom. The number of benzene rings is 1. The third-order valence-electron chi connectivity index (χ3n) is 2.52. The maximum absolute atomic E-state index is 11.7. The quantitative estimate of drug-likeness (QED) is 0.823. The molecule has 2 rings (SSSR count). The van der Waals surface area contributed by atoms with Gasteiger partial charge >= 0.3 is 5.97 Å². The predicted octanol–water partition coefficient (Wildman–Crippen LogP) is 1.99. The van der Waals surface area contributed by atoms with Gasteiger partial charge in [-0.2, -0.15) is 0 Å². The second-order valence-electron chi connectivity index (χ2n) is 3.86. The zero-order chi connectivity index (χ0) is 12.3. The molecule has 2 unspecified atom stereocenters. The van der Waals surface area contributed by atoms with E-state index in [1.807, 2.05) is 0 Å². The van der Waals surface area contributed by atoms with E-state index in [-0.39, 0.29) is 0 Å². The summed E-state index contributed by atoms with van der Waals surface area (Å²) in [5.41, 5.74) is 0.346. The molecule has 0 aliphatic carbocycles. The highest BCUT2D eigenvalue weighted by Gasteiger charge is 2.27. The Kier molecular flexibility index (Phi) is 3.99. The monoisotopic (exact) mass is 256 g/mol. The van der Waals surface area contributed by atoms with Crippen molar-refractivity contribution in [3.63, 3.8) is 0 Å². The van der Waals surface area contributed by atoms with Gasteiger partial charge in [-0.25, -0.2) is 4.79 Å². The summed E-state index contributed by atoms with van der Waals surface area (Å²) >= 11 is 5.77. The predicted molar refractivity (Wildman–Crippen MR) is 61.8 cm³/mol. The highest BCUT2D eigenvalue weighted by Crippen LogP contribution is 2.18. The molecule has 1 N–H and O–H groups in total. The smallest absolute Gasteiger partial charge is 0.340 e. The van der Waals surface area contributed by atoms with E-state index in [9.17, 15) is 9.90 Å². The SMILES string of the molecule is O=C(OC1OCCCC1O)c1cccc(Cl)c1. The van der Waals surface area contributed by atoms with Crippen LogP contribution in [0, 0.1) is 0 Å². The van der Waals surface area contributed by atoms with Crippen LogP contribution in [0.3, 0.4) is 0 Å². The lowest BCUT2D eigenvalue weighted by atomic mass is 10.1. The summed E-state index contributed by atoms with van der Waals surface area (Å²) in [4.78, 5) is 11.7. The van der Waals surface area contributed by atoms with E-state index in [4.69, 9.17) is 21.1 Å². The van der Waals surface area contributed by atoms with Gasteiger partial charge in [-0.1, -0.05) is 17.7 Å². The summed E-state index contributed by atoms with van der Waals surface area (Å²) in [5, 5.41) is 10.1. The van der Waals surface area contributed by atoms with Crippen LogP contribution in [-0.4, -0.2) is 30.1 Å². The number of halogens is 1. The minimum Gasteiger partial charge on any atom is -0.429 e. The van der Waals surface area contributed by atoms with Crippen molar-refractivity contribution in [3.8, 4) is 0 Å². The maximum Gasteiger partial charge on any atom is 0.340 e. The molecule has 0 amide bonds. The van der Waals surface area contributed by atoms with Crippen LogP contribution in [0.25, 0.3) is 0 Å². The lowest BCUT2D eigenvalue weighted by molar-refractivity contribution is -0.187. The van der Waals surface area contributed by atoms with Gasteiger partial charge < -0.3 is 14.6 Å². The van der Waals surface area contributed by atoms with Crippen molar-refractivity contribution >= 4 is 17.6 Å². The van der Waals surface area contributed by atoms with Crippen molar-refractivity contribution in [2.24, 2.45) is 0 Å². The highest BCUT2D eigenvalue weighted by atomic mass is 35.5. The first-order valence-electron chi connectivity index (χ1n) is 5.43. The standard InChI is InChI=1S/C12H13ClO4/c13-9-4-1-3-8(7-9)11(15)17-12-10(14)5-2-6-16-12/h1,3-4,7,10,12,14H,2,5-6H2. The Morgan fingerprint density at radius 2 is 2.35 bits per heavy atom. The summed E-state index contributed by atoms with van der Waals surface area (Å²) < 4.78 is 10.3. The van der Waals surface area contributed by atoms with Gasteiger partial charge in [-0.15, -0.1) is 0 Å². The molecule has 0 aromatic heterocycles. The molecule has 1 aromatic carbocycles. The van der Waals surface area contributed by atoms with Crippen LogP contribution < -0.4 is 0 Å². The van der Waals surface area contributed by atoms with Crippen LogP contribution >= 0.6 is 11.6 Å². The average Bonchev–Trinajstić information content (AvgIpc) is 2.32. The molecule has 1 saturated heterocycles. The van der Waals surface area contributed by atoms with Gasteiger partial charge in [0.15, 0.2) is 0 Å². The Balaban J connectivity index is 2.01. The Labute approximate surface area is 104 Å². The molecule has 1 heterocycles. The molecule has 92 valence electrons. The molecule has 2 atom stereocenters. The van der Waals surface area contributed by atoms with Crippen LogP contribution in [-0.2, 0) is 9.47 Å². The number of hydrogen-bond acceptors (Lipinski definition) is 4. The molecule has 1 aliphatic heterocycles. The van der Waals surface area contributed by atoms with E-state index in [0.717, 1.165) is 6.42 Å². The zero-order valence-electron chi connectivity index (χ0n) is 9.14. The van der Waals surface area contributed by atoms with Gasteiger partial charge in [0.2, 0.25) is 6.29 Å². The molecule has 17 heavy (non-hydrogen) atoms. The highest BCUT2D eigenvalue weighted by molar-refractivity contribution is 6.30. The average molecular weight is 257 g/mol. The van der Waals surface area contributed by atoms with Crippen molar-refractivity contribution in [3.05, 3.63) is 34.9 Å². The van der Waals surface area contributed by atoms with Gasteiger partial charge in [-0.3, -0.25) is 0 Å². The molecule has 0 spiro atoms. The van der Waals surface area contributed by atoms with E-state index < -0.39 is 18.4 Å². The Bertz CT molecular complexity index is 407. The van der Waals surface area contributed by atoms with E-state index in [2.05, 4.69) is 0 Å². The first-order valence-corrected chi connectivity index (χ1v) is 5.81. The first-order chi connectivity index (χ1) is 8.16. The second-order valence-corrected chi connectivity index (χ2v) is 4.30. The topological polar surface area (TPSA) is 55.8 Å². The van der Waals surface area contributed by atoms with Crippen LogP contribution in [0.4, 0.5) is 0 Å². The van der Waals surface area contributed by atoms with Crippen LogP contribution in [0.2, 0.25) is 5.02 Å². The number of hydrogen-bond donors (Lipinski definition) is 1. The van der Waals surface area contributed by atoms with Gasteiger partial charge in [0.25, 0.3) is 0 Å². The first kappa shape index (κ1) is 12.4. The fraction of sp³-hybridized carbons (Fsp3) is 0.417. The number of ether oxygens (including phenoxy) is 2. The molecule has 5 heteroatoms. The van der Waals surface area contributed by atoms with Crippen molar-refractivity contribution in [2.45, 2.75) is 25.2 Å². The lowest BCUT2D eigenvalue weighted by Crippen LogP contribution is -2.37. The van der Waals surface area contributed by atoms with Gasteiger partial charge in [0.05, 0.1) is 12.2 Å². The van der Waals surface area contributed by atoms with Crippen molar-refractivity contribution in [1.29, 1.82) is 0 Å². The molecule has 4 nitrogen and oxygen atoms in total. The normalized spacial score (nSPS) is 24.4. The van der Waals surface area contributed by atoms with Crippen LogP contribution in [0.1, 0.15) is 23.2 Å². The molecule has 0 bridgehead atoms. The number of esters is 1. The zero-order valence-corrected chi connectivity index (χ0v) is 9.89. The van der Waals surface area contributed by atoms with E-state index >= 15 is 0 Å². The molecular weight excluding hydrogens is 244 g/mol. The van der Waals surface area contributed by atoms with Crippen molar-refractivity contribution in [2.75, 3.05) is 6.61 Å². The number of carbonyl (C=O) groups excluding carboxylic acids is 1. The lowest BCUT2D eigenvalue weighted by Gasteiger charge is -2.27. The van der Waals surface area contributed by atoms with Gasteiger partial charge in [0.1, 0.15) is 6.10 Å². The summed E-state index contributed by atoms with van der Waals surface area (Å²) in [7, 11) is 0. The minimum absolute atomic E-state index is 0.346. The van der Waals surface area contributed by atoms with Gasteiger partial charge in [-0.05, 0) is 31.0 Å². The fourth-order valence-electron chi connectivity index (χ4n) is 1.64. The van der Waals surface area contributed by atoms with Crippen LogP contribution in [0.5, 0.6) is 0 Å². The number of aliphatic hydroxyl groups excluding tert-OH is 1. The van der Waals surface area contributed by atoms with Gasteiger partial charge in [0, 0.05) is 5.02 Å². The molecule has 1 fully saturated rings. The second kappa shape index (κ2) is 5.49. The Morgan fingerprint density at radius 3 is 3.06 bits per heavy atom. The third-order valence-corrected chi connectivity index (χ3v) is 2.76. The number of aliphatic hydroxyl groups is 1. The molecule has 1 aromatic rings. The Hall–Kier alpha value is -1.10. The molecule has 1 aliphatic rings. The number of rotatable bonds is 2. The van der Waals surface area contributed by atoms with Crippen molar-refractivity contribution in [1.82, 2.24) is 0 Å². The molecular formula is C12H13ClO4. The minimum atomic E-state index is -0.879. The maximum atomic E-state index is 11.7. The van der Waals surface area contributed by atoms with Crippen LogP contribution in [0.15, 0.2) is 24.3 Å². The largest absolute Gasteiger partial charge is 0.429 e.